The standard InChI is InChI=1S/C18H17NO4/c19-13-15-3-1-2-4-17(15)23-12-11-22-16-8-5-14(6-9-16)7-10-18(20)21/h1-6,8-9H,7,10-12H2,(H,20,21). The summed E-state index contributed by atoms with van der Waals surface area (Å²) in [5.41, 5.74) is 1.45. The summed E-state index contributed by atoms with van der Waals surface area (Å²) in [6, 6.07) is 16.4. The molecule has 0 aromatic heterocycles. The van der Waals surface area contributed by atoms with E-state index in [0.29, 0.717) is 36.7 Å². The molecule has 0 atom stereocenters. The van der Waals surface area contributed by atoms with E-state index in [1.165, 1.54) is 0 Å². The summed E-state index contributed by atoms with van der Waals surface area (Å²) in [6.07, 6.45) is 0.621. The predicted molar refractivity (Wildman–Crippen MR) is 84.5 cm³/mol. The van der Waals surface area contributed by atoms with Gasteiger partial charge in [0.25, 0.3) is 0 Å². The summed E-state index contributed by atoms with van der Waals surface area (Å²) in [5, 5.41) is 17.6. The molecule has 0 aliphatic rings. The number of hydrogen-bond acceptors (Lipinski definition) is 4. The van der Waals surface area contributed by atoms with Crippen LogP contribution in [0.2, 0.25) is 0 Å². The number of aliphatic carboxylic acids is 1. The van der Waals surface area contributed by atoms with E-state index in [1.54, 1.807) is 30.3 Å². The molecule has 0 spiro atoms. The largest absolute Gasteiger partial charge is 0.490 e. The fourth-order valence-corrected chi connectivity index (χ4v) is 2.00. The molecular formula is C18H17NO4. The van der Waals surface area contributed by atoms with E-state index in [1.807, 2.05) is 18.2 Å². The lowest BCUT2D eigenvalue weighted by atomic mass is 10.1. The second-order valence-corrected chi connectivity index (χ2v) is 4.84. The van der Waals surface area contributed by atoms with Gasteiger partial charge < -0.3 is 14.6 Å². The molecule has 1 N–H and O–H groups in total. The minimum absolute atomic E-state index is 0.117. The van der Waals surface area contributed by atoms with Gasteiger partial charge in [0.05, 0.1) is 5.56 Å². The van der Waals surface area contributed by atoms with Gasteiger partial charge in [0.15, 0.2) is 0 Å². The summed E-state index contributed by atoms with van der Waals surface area (Å²) < 4.78 is 11.1. The van der Waals surface area contributed by atoms with Gasteiger partial charge >= 0.3 is 5.97 Å². The Morgan fingerprint density at radius 2 is 1.74 bits per heavy atom. The Bertz CT molecular complexity index is 689. The molecule has 5 nitrogen and oxygen atoms in total. The molecule has 0 bridgehead atoms. The topological polar surface area (TPSA) is 79.5 Å². The minimum atomic E-state index is -0.805. The van der Waals surface area contributed by atoms with Crippen LogP contribution in [0.4, 0.5) is 0 Å². The second-order valence-electron chi connectivity index (χ2n) is 4.84. The molecule has 0 saturated heterocycles. The van der Waals surface area contributed by atoms with Crippen molar-refractivity contribution in [1.82, 2.24) is 0 Å². The minimum Gasteiger partial charge on any atom is -0.490 e. The normalized spacial score (nSPS) is 9.87. The van der Waals surface area contributed by atoms with Crippen LogP contribution in [0, 0.1) is 11.3 Å². The quantitative estimate of drug-likeness (QED) is 0.758. The summed E-state index contributed by atoms with van der Waals surface area (Å²) in [4.78, 5) is 10.5. The molecule has 0 aliphatic heterocycles. The number of aryl methyl sites for hydroxylation is 1. The lowest BCUT2D eigenvalue weighted by Crippen LogP contribution is -2.09. The number of rotatable bonds is 8. The monoisotopic (exact) mass is 311 g/mol. The van der Waals surface area contributed by atoms with Crippen molar-refractivity contribution in [1.29, 1.82) is 5.26 Å². The second kappa shape index (κ2) is 8.44. The maximum Gasteiger partial charge on any atom is 0.303 e. The van der Waals surface area contributed by atoms with Crippen LogP contribution in [0.5, 0.6) is 11.5 Å². The van der Waals surface area contributed by atoms with Crippen molar-refractivity contribution in [3.8, 4) is 17.6 Å². The van der Waals surface area contributed by atoms with Crippen molar-refractivity contribution >= 4 is 5.97 Å². The highest BCUT2D eigenvalue weighted by Gasteiger charge is 2.02. The van der Waals surface area contributed by atoms with Crippen LogP contribution in [-0.2, 0) is 11.2 Å². The number of para-hydroxylation sites is 1. The molecule has 118 valence electrons. The molecule has 0 unspecified atom stereocenters. The van der Waals surface area contributed by atoms with Crippen LogP contribution in [0.3, 0.4) is 0 Å². The van der Waals surface area contributed by atoms with E-state index in [0.717, 1.165) is 5.56 Å². The van der Waals surface area contributed by atoms with E-state index in [4.69, 9.17) is 19.8 Å². The summed E-state index contributed by atoms with van der Waals surface area (Å²) in [6.45, 7) is 0.688. The first kappa shape index (κ1) is 16.4. The summed E-state index contributed by atoms with van der Waals surface area (Å²) in [5.74, 6) is 0.434. The molecule has 2 aromatic carbocycles. The summed E-state index contributed by atoms with van der Waals surface area (Å²) >= 11 is 0. The number of ether oxygens (including phenoxy) is 2. The van der Waals surface area contributed by atoms with Crippen LogP contribution in [0.1, 0.15) is 17.5 Å². The average Bonchev–Trinajstić information content (AvgIpc) is 2.58. The zero-order valence-corrected chi connectivity index (χ0v) is 12.6. The lowest BCUT2D eigenvalue weighted by molar-refractivity contribution is -0.136. The van der Waals surface area contributed by atoms with Crippen molar-refractivity contribution < 1.29 is 19.4 Å². The maximum absolute atomic E-state index is 10.5. The Balaban J connectivity index is 1.76. The van der Waals surface area contributed by atoms with Crippen LogP contribution in [-0.4, -0.2) is 24.3 Å². The SMILES string of the molecule is N#Cc1ccccc1OCCOc1ccc(CCC(=O)O)cc1. The molecule has 0 heterocycles. The number of carboxylic acids is 1. The van der Waals surface area contributed by atoms with Crippen molar-refractivity contribution in [2.45, 2.75) is 12.8 Å². The molecule has 5 heteroatoms. The van der Waals surface area contributed by atoms with Gasteiger partial charge in [-0.2, -0.15) is 5.26 Å². The highest BCUT2D eigenvalue weighted by molar-refractivity contribution is 5.67. The van der Waals surface area contributed by atoms with Crippen LogP contribution in [0.25, 0.3) is 0 Å². The van der Waals surface area contributed by atoms with Gasteiger partial charge in [-0.1, -0.05) is 24.3 Å². The number of nitriles is 1. The molecule has 0 amide bonds. The number of benzene rings is 2. The maximum atomic E-state index is 10.5. The predicted octanol–water partition coefficient (Wildman–Crippen LogP) is 3.03. The van der Waals surface area contributed by atoms with Crippen molar-refractivity contribution in [2.24, 2.45) is 0 Å². The third kappa shape index (κ3) is 5.36. The molecule has 23 heavy (non-hydrogen) atoms. The van der Waals surface area contributed by atoms with Crippen LogP contribution in [0.15, 0.2) is 48.5 Å². The number of nitrogens with zero attached hydrogens (tertiary/aromatic N) is 1. The van der Waals surface area contributed by atoms with Crippen LogP contribution >= 0.6 is 0 Å². The molecular weight excluding hydrogens is 294 g/mol. The fraction of sp³-hybridized carbons (Fsp3) is 0.222. The van der Waals surface area contributed by atoms with Crippen LogP contribution < -0.4 is 9.47 Å². The molecule has 2 aromatic rings. The van der Waals surface area contributed by atoms with E-state index in [9.17, 15) is 4.79 Å². The van der Waals surface area contributed by atoms with Gasteiger partial charge in [0.1, 0.15) is 30.8 Å². The van der Waals surface area contributed by atoms with Crippen molar-refractivity contribution in [3.63, 3.8) is 0 Å². The first-order valence-corrected chi connectivity index (χ1v) is 7.24. The van der Waals surface area contributed by atoms with E-state index in [2.05, 4.69) is 6.07 Å². The molecule has 0 fully saturated rings. The van der Waals surface area contributed by atoms with Crippen molar-refractivity contribution in [2.75, 3.05) is 13.2 Å². The molecule has 0 radical (unpaired) electrons. The van der Waals surface area contributed by atoms with Gasteiger partial charge in [-0.15, -0.1) is 0 Å². The number of hydrogen-bond donors (Lipinski definition) is 1. The first-order valence-electron chi connectivity index (χ1n) is 7.24. The molecule has 2 rings (SSSR count). The Morgan fingerprint density at radius 3 is 2.43 bits per heavy atom. The Morgan fingerprint density at radius 1 is 1.04 bits per heavy atom. The van der Waals surface area contributed by atoms with E-state index >= 15 is 0 Å². The highest BCUT2D eigenvalue weighted by Crippen LogP contribution is 2.17. The van der Waals surface area contributed by atoms with Gasteiger partial charge in [-0.25, -0.2) is 0 Å². The molecule has 0 aliphatic carbocycles. The summed E-state index contributed by atoms with van der Waals surface area (Å²) in [7, 11) is 0. The van der Waals surface area contributed by atoms with E-state index in [-0.39, 0.29) is 6.42 Å². The van der Waals surface area contributed by atoms with Gasteiger partial charge in [-0.05, 0) is 36.2 Å². The third-order valence-corrected chi connectivity index (χ3v) is 3.17. The Labute approximate surface area is 134 Å². The zero-order valence-electron chi connectivity index (χ0n) is 12.6. The van der Waals surface area contributed by atoms with Crippen molar-refractivity contribution in [3.05, 3.63) is 59.7 Å². The number of carbonyl (C=O) groups is 1. The lowest BCUT2D eigenvalue weighted by Gasteiger charge is -2.09. The fourth-order valence-electron chi connectivity index (χ4n) is 2.00. The van der Waals surface area contributed by atoms with Gasteiger partial charge in [0.2, 0.25) is 0 Å². The highest BCUT2D eigenvalue weighted by atomic mass is 16.5. The third-order valence-electron chi connectivity index (χ3n) is 3.17. The van der Waals surface area contributed by atoms with Gasteiger partial charge in [-0.3, -0.25) is 4.79 Å². The number of carboxylic acid groups (broad SMARTS) is 1. The molecule has 0 saturated carbocycles. The first-order chi connectivity index (χ1) is 11.2. The van der Waals surface area contributed by atoms with E-state index < -0.39 is 5.97 Å². The zero-order chi connectivity index (χ0) is 16.5. The Kier molecular flexibility index (Phi) is 6.01. The smallest absolute Gasteiger partial charge is 0.303 e. The Hall–Kier alpha value is -3.00. The average molecular weight is 311 g/mol. The van der Waals surface area contributed by atoms with Gasteiger partial charge in [0, 0.05) is 6.42 Å².